The zero-order valence-corrected chi connectivity index (χ0v) is 13.7. The summed E-state index contributed by atoms with van der Waals surface area (Å²) in [4.78, 5) is 48.1. The van der Waals surface area contributed by atoms with Crippen LogP contribution in [0.2, 0.25) is 0 Å². The Morgan fingerprint density at radius 1 is 1.20 bits per heavy atom. The van der Waals surface area contributed by atoms with Gasteiger partial charge in [0.1, 0.15) is 6.04 Å². The molecule has 2 unspecified atom stereocenters. The van der Waals surface area contributed by atoms with E-state index in [0.29, 0.717) is 5.56 Å². The number of carbonyl (C=O) groups is 4. The molecule has 1 fully saturated rings. The van der Waals surface area contributed by atoms with Gasteiger partial charge in [0.25, 0.3) is 11.8 Å². The summed E-state index contributed by atoms with van der Waals surface area (Å²) in [5, 5.41) is 14.3. The Bertz CT molecular complexity index is 716. The maximum atomic E-state index is 12.3. The number of carboxylic acids is 1. The zero-order chi connectivity index (χ0) is 18.6. The number of nitrogens with one attached hydrogen (secondary N) is 2. The monoisotopic (exact) mass is 345 g/mol. The molecule has 3 N–H and O–H groups in total. The van der Waals surface area contributed by atoms with E-state index in [1.807, 2.05) is 0 Å². The van der Waals surface area contributed by atoms with Crippen LogP contribution in [0.5, 0.6) is 0 Å². The van der Waals surface area contributed by atoms with Crippen LogP contribution in [0.1, 0.15) is 23.7 Å². The van der Waals surface area contributed by atoms with Crippen molar-refractivity contribution >= 4 is 23.7 Å². The largest absolute Gasteiger partial charge is 0.480 e. The third-order valence-electron chi connectivity index (χ3n) is 3.80. The van der Waals surface area contributed by atoms with E-state index in [9.17, 15) is 24.3 Å². The quantitative estimate of drug-likeness (QED) is 0.656. The van der Waals surface area contributed by atoms with Crippen LogP contribution in [0.15, 0.2) is 42.6 Å². The predicted molar refractivity (Wildman–Crippen MR) is 88.4 cm³/mol. The van der Waals surface area contributed by atoms with Gasteiger partial charge in [-0.2, -0.15) is 0 Å². The summed E-state index contributed by atoms with van der Waals surface area (Å²) in [6.07, 6.45) is 0.0764. The number of amides is 3. The normalized spacial score (nSPS) is 19.2. The summed E-state index contributed by atoms with van der Waals surface area (Å²) in [5.41, 5.74) is 0.246. The van der Waals surface area contributed by atoms with Crippen LogP contribution in [-0.2, 0) is 14.4 Å². The number of carboxylic acid groups (broad SMARTS) is 1. The molecule has 1 aliphatic heterocycles. The van der Waals surface area contributed by atoms with Gasteiger partial charge in [-0.3, -0.25) is 14.4 Å². The van der Waals surface area contributed by atoms with Crippen LogP contribution in [0.3, 0.4) is 0 Å². The fraction of sp³-hybridized carbons (Fsp3) is 0.294. The topological polar surface area (TPSA) is 116 Å². The summed E-state index contributed by atoms with van der Waals surface area (Å²) in [6, 6.07) is 6.89. The number of carbonyl (C=O) groups excluding carboxylic acids is 3. The van der Waals surface area contributed by atoms with Crippen molar-refractivity contribution in [3.63, 3.8) is 0 Å². The molecule has 0 aromatic heterocycles. The molecule has 1 aromatic carbocycles. The van der Waals surface area contributed by atoms with Gasteiger partial charge >= 0.3 is 5.97 Å². The van der Waals surface area contributed by atoms with Crippen LogP contribution in [0.4, 0.5) is 0 Å². The van der Waals surface area contributed by atoms with Crippen molar-refractivity contribution in [1.82, 2.24) is 15.5 Å². The minimum absolute atomic E-state index is 0.0208. The number of likely N-dealkylation sites (tertiary alicyclic amines) is 1. The Balaban J connectivity index is 2.08. The van der Waals surface area contributed by atoms with E-state index in [0.717, 1.165) is 4.90 Å². The summed E-state index contributed by atoms with van der Waals surface area (Å²) in [7, 11) is 0. The maximum Gasteiger partial charge on any atom is 0.326 e. The first-order chi connectivity index (χ1) is 11.8. The minimum Gasteiger partial charge on any atom is -0.480 e. The van der Waals surface area contributed by atoms with Crippen molar-refractivity contribution in [2.75, 3.05) is 6.54 Å². The van der Waals surface area contributed by atoms with E-state index in [1.165, 1.54) is 6.92 Å². The van der Waals surface area contributed by atoms with E-state index in [-0.39, 0.29) is 24.6 Å². The molecule has 8 nitrogen and oxygen atoms in total. The average molecular weight is 345 g/mol. The summed E-state index contributed by atoms with van der Waals surface area (Å²) < 4.78 is 0. The van der Waals surface area contributed by atoms with Crippen molar-refractivity contribution in [2.45, 2.75) is 25.4 Å². The molecular weight excluding hydrogens is 326 g/mol. The minimum atomic E-state index is -1.18. The van der Waals surface area contributed by atoms with E-state index >= 15 is 0 Å². The summed E-state index contributed by atoms with van der Waals surface area (Å²) in [5.74, 6) is -2.68. The lowest BCUT2D eigenvalue weighted by molar-refractivity contribution is -0.147. The Kier molecular flexibility index (Phi) is 5.53. The van der Waals surface area contributed by atoms with Crippen LogP contribution in [0, 0.1) is 0 Å². The number of hydrogen-bond donors (Lipinski definition) is 3. The van der Waals surface area contributed by atoms with Crippen molar-refractivity contribution in [3.8, 4) is 0 Å². The average Bonchev–Trinajstić information content (AvgIpc) is 2.98. The first kappa shape index (κ1) is 18.2. The smallest absolute Gasteiger partial charge is 0.326 e. The van der Waals surface area contributed by atoms with Crippen LogP contribution in [-0.4, -0.2) is 52.3 Å². The van der Waals surface area contributed by atoms with Gasteiger partial charge in [-0.25, -0.2) is 4.79 Å². The highest BCUT2D eigenvalue weighted by Crippen LogP contribution is 2.20. The molecule has 0 spiro atoms. The van der Waals surface area contributed by atoms with Crippen molar-refractivity contribution in [2.24, 2.45) is 0 Å². The maximum absolute atomic E-state index is 12.3. The fourth-order valence-electron chi connectivity index (χ4n) is 2.70. The standard InChI is InChI=1S/C17H19N3O5/c1-10(18-11(2)21)16(23)20-9-13(8-14(20)17(24)25)19-15(22)12-6-4-3-5-7-12/h3-7,13-14H,1,8-9H2,2H3,(H,18,21)(H,19,22)(H,24,25). The Morgan fingerprint density at radius 2 is 1.84 bits per heavy atom. The first-order valence-corrected chi connectivity index (χ1v) is 7.65. The number of rotatable bonds is 5. The van der Waals surface area contributed by atoms with Gasteiger partial charge in [0.2, 0.25) is 5.91 Å². The summed E-state index contributed by atoms with van der Waals surface area (Å²) in [6.45, 7) is 4.71. The molecule has 1 saturated heterocycles. The molecule has 0 radical (unpaired) electrons. The number of aliphatic carboxylic acids is 1. The number of hydrogen-bond acceptors (Lipinski definition) is 4. The van der Waals surface area contributed by atoms with Gasteiger partial charge < -0.3 is 20.6 Å². The predicted octanol–water partition coefficient (Wildman–Crippen LogP) is 0.120. The van der Waals surface area contributed by atoms with Crippen molar-refractivity contribution in [1.29, 1.82) is 0 Å². The van der Waals surface area contributed by atoms with E-state index in [2.05, 4.69) is 17.2 Å². The second kappa shape index (κ2) is 7.61. The van der Waals surface area contributed by atoms with Gasteiger partial charge in [0.05, 0.1) is 5.70 Å². The summed E-state index contributed by atoms with van der Waals surface area (Å²) >= 11 is 0. The Morgan fingerprint density at radius 3 is 2.40 bits per heavy atom. The van der Waals surface area contributed by atoms with E-state index < -0.39 is 29.9 Å². The SMILES string of the molecule is C=C(NC(C)=O)C(=O)N1CC(NC(=O)c2ccccc2)CC1C(=O)O. The highest BCUT2D eigenvalue weighted by Gasteiger charge is 2.41. The van der Waals surface area contributed by atoms with Gasteiger partial charge in [-0.1, -0.05) is 24.8 Å². The van der Waals surface area contributed by atoms with Crippen LogP contribution in [0.25, 0.3) is 0 Å². The molecule has 0 aliphatic carbocycles. The number of nitrogens with zero attached hydrogens (tertiary/aromatic N) is 1. The zero-order valence-electron chi connectivity index (χ0n) is 13.7. The molecule has 2 atom stereocenters. The lowest BCUT2D eigenvalue weighted by Gasteiger charge is -2.22. The fourth-order valence-corrected chi connectivity index (χ4v) is 2.70. The molecule has 8 heteroatoms. The molecule has 0 saturated carbocycles. The molecule has 0 bridgehead atoms. The highest BCUT2D eigenvalue weighted by atomic mass is 16.4. The molecular formula is C17H19N3O5. The molecule has 3 amide bonds. The van der Waals surface area contributed by atoms with Gasteiger partial charge in [-0.05, 0) is 12.1 Å². The second-order valence-corrected chi connectivity index (χ2v) is 5.74. The molecule has 132 valence electrons. The van der Waals surface area contributed by atoms with E-state index in [1.54, 1.807) is 30.3 Å². The molecule has 1 aromatic rings. The highest BCUT2D eigenvalue weighted by molar-refractivity contribution is 5.99. The van der Waals surface area contributed by atoms with E-state index in [4.69, 9.17) is 0 Å². The Labute approximate surface area is 144 Å². The lowest BCUT2D eigenvalue weighted by atomic mass is 10.1. The molecule has 2 rings (SSSR count). The Hall–Kier alpha value is -3.16. The number of benzene rings is 1. The van der Waals surface area contributed by atoms with Crippen molar-refractivity contribution < 1.29 is 24.3 Å². The van der Waals surface area contributed by atoms with Crippen LogP contribution >= 0.6 is 0 Å². The molecule has 25 heavy (non-hydrogen) atoms. The first-order valence-electron chi connectivity index (χ1n) is 7.65. The molecule has 1 heterocycles. The third-order valence-corrected chi connectivity index (χ3v) is 3.80. The second-order valence-electron chi connectivity index (χ2n) is 5.74. The van der Waals surface area contributed by atoms with Gasteiger partial charge in [0.15, 0.2) is 0 Å². The van der Waals surface area contributed by atoms with Crippen molar-refractivity contribution in [3.05, 3.63) is 48.2 Å². The van der Waals surface area contributed by atoms with Crippen LogP contribution < -0.4 is 10.6 Å². The lowest BCUT2D eigenvalue weighted by Crippen LogP contribution is -2.44. The van der Waals surface area contributed by atoms with Gasteiger partial charge in [-0.15, -0.1) is 0 Å². The molecule has 1 aliphatic rings. The third kappa shape index (κ3) is 4.43. The van der Waals surface area contributed by atoms with Gasteiger partial charge in [0, 0.05) is 31.5 Å².